The van der Waals surface area contributed by atoms with Gasteiger partial charge in [0.1, 0.15) is 0 Å². The van der Waals surface area contributed by atoms with Crippen molar-refractivity contribution in [1.82, 2.24) is 4.98 Å². The molecule has 3 aromatic rings. The molecular formula is C17H16N2S. The zero-order valence-electron chi connectivity index (χ0n) is 11.2. The first-order valence-electron chi connectivity index (χ1n) is 7.05. The van der Waals surface area contributed by atoms with Crippen LogP contribution >= 0.6 is 11.3 Å². The second-order valence-electron chi connectivity index (χ2n) is 5.36. The molecule has 1 aliphatic rings. The molecule has 4 rings (SSSR count). The van der Waals surface area contributed by atoms with E-state index in [-0.39, 0.29) is 0 Å². The van der Waals surface area contributed by atoms with Crippen LogP contribution in [0.4, 0.5) is 5.69 Å². The molecule has 2 nitrogen and oxygen atoms in total. The summed E-state index contributed by atoms with van der Waals surface area (Å²) >= 11 is 1.69. The highest BCUT2D eigenvalue weighted by atomic mass is 32.1. The summed E-state index contributed by atoms with van der Waals surface area (Å²) in [7, 11) is 0. The number of nitrogens with one attached hydrogen (secondary N) is 1. The Morgan fingerprint density at radius 3 is 2.95 bits per heavy atom. The zero-order chi connectivity index (χ0) is 13.4. The van der Waals surface area contributed by atoms with E-state index in [1.807, 2.05) is 5.51 Å². The van der Waals surface area contributed by atoms with Crippen molar-refractivity contribution in [3.05, 3.63) is 59.1 Å². The number of hydrogen-bond acceptors (Lipinski definition) is 3. The van der Waals surface area contributed by atoms with Crippen LogP contribution in [0.2, 0.25) is 0 Å². The van der Waals surface area contributed by atoms with Crippen LogP contribution in [0, 0.1) is 0 Å². The molecule has 2 aromatic carbocycles. The Morgan fingerprint density at radius 2 is 2.05 bits per heavy atom. The van der Waals surface area contributed by atoms with Crippen molar-refractivity contribution in [3.8, 4) is 0 Å². The number of fused-ring (bicyclic) bond motifs is 1. The minimum absolute atomic E-state index is 0.803. The lowest BCUT2D eigenvalue weighted by molar-refractivity contribution is 1.04. The fourth-order valence-electron chi connectivity index (χ4n) is 2.65. The van der Waals surface area contributed by atoms with Crippen LogP contribution in [0.15, 0.2) is 48.0 Å². The Labute approximate surface area is 122 Å². The van der Waals surface area contributed by atoms with Gasteiger partial charge < -0.3 is 5.32 Å². The summed E-state index contributed by atoms with van der Waals surface area (Å²) in [5.74, 6) is 0.803. The van der Waals surface area contributed by atoms with Crippen molar-refractivity contribution in [2.24, 2.45) is 0 Å². The summed E-state index contributed by atoms with van der Waals surface area (Å²) in [5, 5.41) is 3.54. The molecule has 1 fully saturated rings. The second-order valence-corrected chi connectivity index (χ2v) is 6.25. The predicted octanol–water partition coefficient (Wildman–Crippen LogP) is 4.79. The number of anilines is 1. The van der Waals surface area contributed by atoms with E-state index in [4.69, 9.17) is 0 Å². The van der Waals surface area contributed by atoms with Crippen molar-refractivity contribution in [3.63, 3.8) is 0 Å². The molecule has 0 spiro atoms. The fourth-order valence-corrected chi connectivity index (χ4v) is 3.37. The van der Waals surface area contributed by atoms with Gasteiger partial charge in [0.2, 0.25) is 0 Å². The summed E-state index contributed by atoms with van der Waals surface area (Å²) in [5.41, 5.74) is 7.11. The SMILES string of the molecule is c1ccc(C2CC2)c(CNc2ccc3ncsc3c2)c1. The van der Waals surface area contributed by atoms with Gasteiger partial charge in [-0.1, -0.05) is 24.3 Å². The molecule has 0 aliphatic heterocycles. The number of hydrogen-bond donors (Lipinski definition) is 1. The van der Waals surface area contributed by atoms with Gasteiger partial charge in [0.05, 0.1) is 15.7 Å². The van der Waals surface area contributed by atoms with E-state index in [2.05, 4.69) is 52.8 Å². The van der Waals surface area contributed by atoms with Gasteiger partial charge in [-0.25, -0.2) is 4.98 Å². The van der Waals surface area contributed by atoms with E-state index in [1.165, 1.54) is 34.4 Å². The maximum Gasteiger partial charge on any atom is 0.0813 e. The van der Waals surface area contributed by atoms with Crippen LogP contribution in [-0.2, 0) is 6.54 Å². The lowest BCUT2D eigenvalue weighted by atomic mass is 10.0. The van der Waals surface area contributed by atoms with Gasteiger partial charge in [-0.3, -0.25) is 0 Å². The van der Waals surface area contributed by atoms with Gasteiger partial charge in [0.15, 0.2) is 0 Å². The molecule has 1 aliphatic carbocycles. The number of nitrogens with zero attached hydrogens (tertiary/aromatic N) is 1. The van der Waals surface area contributed by atoms with Crippen molar-refractivity contribution in [2.75, 3.05) is 5.32 Å². The van der Waals surface area contributed by atoms with E-state index >= 15 is 0 Å². The number of benzene rings is 2. The first-order chi connectivity index (χ1) is 9.90. The quantitative estimate of drug-likeness (QED) is 0.743. The molecule has 1 aromatic heterocycles. The van der Waals surface area contributed by atoms with Crippen LogP contribution in [0.3, 0.4) is 0 Å². The average molecular weight is 280 g/mol. The minimum Gasteiger partial charge on any atom is -0.381 e. The first kappa shape index (κ1) is 11.9. The number of thiazole rings is 1. The molecule has 0 saturated heterocycles. The Bertz CT molecular complexity index is 743. The number of rotatable bonds is 4. The maximum absolute atomic E-state index is 4.31. The van der Waals surface area contributed by atoms with E-state index < -0.39 is 0 Å². The van der Waals surface area contributed by atoms with Crippen LogP contribution < -0.4 is 5.32 Å². The van der Waals surface area contributed by atoms with Gasteiger partial charge >= 0.3 is 0 Å². The molecule has 0 bridgehead atoms. The Kier molecular flexibility index (Phi) is 2.92. The summed E-state index contributed by atoms with van der Waals surface area (Å²) in [6.07, 6.45) is 2.70. The minimum atomic E-state index is 0.803. The predicted molar refractivity (Wildman–Crippen MR) is 85.4 cm³/mol. The smallest absolute Gasteiger partial charge is 0.0813 e. The largest absolute Gasteiger partial charge is 0.381 e. The fraction of sp³-hybridized carbons (Fsp3) is 0.235. The van der Waals surface area contributed by atoms with Crippen molar-refractivity contribution < 1.29 is 0 Å². The monoisotopic (exact) mass is 280 g/mol. The van der Waals surface area contributed by atoms with E-state index in [9.17, 15) is 0 Å². The summed E-state index contributed by atoms with van der Waals surface area (Å²) in [6.45, 7) is 0.900. The normalized spacial score (nSPS) is 14.6. The maximum atomic E-state index is 4.31. The Hall–Kier alpha value is -1.87. The molecule has 1 heterocycles. The highest BCUT2D eigenvalue weighted by Gasteiger charge is 2.25. The summed E-state index contributed by atoms with van der Waals surface area (Å²) < 4.78 is 1.24. The van der Waals surface area contributed by atoms with Crippen LogP contribution in [0.25, 0.3) is 10.2 Å². The van der Waals surface area contributed by atoms with Gasteiger partial charge in [-0.15, -0.1) is 11.3 Å². The molecule has 1 N–H and O–H groups in total. The Balaban J connectivity index is 1.54. The first-order valence-corrected chi connectivity index (χ1v) is 7.93. The molecule has 1 saturated carbocycles. The standard InChI is InChI=1S/C17H16N2S/c1-2-4-15(12-5-6-12)13(3-1)10-18-14-7-8-16-17(9-14)20-11-19-16/h1-4,7-9,11-12,18H,5-6,10H2. The second kappa shape index (κ2) is 4.91. The van der Waals surface area contributed by atoms with Crippen molar-refractivity contribution >= 4 is 27.2 Å². The van der Waals surface area contributed by atoms with Gasteiger partial charge in [-0.2, -0.15) is 0 Å². The summed E-state index contributed by atoms with van der Waals surface area (Å²) in [6, 6.07) is 15.2. The van der Waals surface area contributed by atoms with Gasteiger partial charge in [0.25, 0.3) is 0 Å². The van der Waals surface area contributed by atoms with Crippen LogP contribution in [0.5, 0.6) is 0 Å². The van der Waals surface area contributed by atoms with Crippen LogP contribution in [-0.4, -0.2) is 4.98 Å². The third-order valence-electron chi connectivity index (χ3n) is 3.89. The van der Waals surface area contributed by atoms with Gasteiger partial charge in [0, 0.05) is 12.2 Å². The molecule has 3 heteroatoms. The third-order valence-corrected chi connectivity index (χ3v) is 4.68. The highest BCUT2D eigenvalue weighted by molar-refractivity contribution is 7.16. The molecule has 0 amide bonds. The molecule has 0 radical (unpaired) electrons. The van der Waals surface area contributed by atoms with Crippen molar-refractivity contribution in [2.45, 2.75) is 25.3 Å². The molecule has 0 atom stereocenters. The lowest BCUT2D eigenvalue weighted by Gasteiger charge is -2.11. The lowest BCUT2D eigenvalue weighted by Crippen LogP contribution is -2.02. The molecular weight excluding hydrogens is 264 g/mol. The third kappa shape index (κ3) is 2.29. The molecule has 0 unspecified atom stereocenters. The topological polar surface area (TPSA) is 24.9 Å². The average Bonchev–Trinajstić information content (AvgIpc) is 3.23. The highest BCUT2D eigenvalue weighted by Crippen LogP contribution is 2.41. The molecule has 20 heavy (non-hydrogen) atoms. The van der Waals surface area contributed by atoms with E-state index in [1.54, 1.807) is 11.3 Å². The van der Waals surface area contributed by atoms with Gasteiger partial charge in [-0.05, 0) is 48.1 Å². The number of aromatic nitrogens is 1. The Morgan fingerprint density at radius 1 is 1.15 bits per heavy atom. The van der Waals surface area contributed by atoms with Crippen LogP contribution in [0.1, 0.15) is 29.9 Å². The van der Waals surface area contributed by atoms with E-state index in [0.29, 0.717) is 0 Å². The zero-order valence-corrected chi connectivity index (χ0v) is 12.0. The summed E-state index contributed by atoms with van der Waals surface area (Å²) in [4.78, 5) is 4.31. The van der Waals surface area contributed by atoms with Crippen molar-refractivity contribution in [1.29, 1.82) is 0 Å². The molecule has 100 valence electrons. The van der Waals surface area contributed by atoms with E-state index in [0.717, 1.165) is 18.0 Å².